The molecule has 10 atom stereocenters. The summed E-state index contributed by atoms with van der Waals surface area (Å²) >= 11 is 0. The van der Waals surface area contributed by atoms with Crippen molar-refractivity contribution < 1.29 is 81.1 Å². The molecule has 8 N–H and O–H groups in total. The molecule has 25 nitrogen and oxygen atoms in total. The van der Waals surface area contributed by atoms with Crippen LogP contribution in [0.3, 0.4) is 0 Å². The maximum Gasteiger partial charge on any atom is 0.407 e. The van der Waals surface area contributed by atoms with Crippen molar-refractivity contribution in [3.63, 3.8) is 0 Å². The Labute approximate surface area is 448 Å². The molecular formula is C52H78N8O17. The Bertz CT molecular complexity index is 2150. The van der Waals surface area contributed by atoms with Gasteiger partial charge in [0.2, 0.25) is 23.6 Å². The van der Waals surface area contributed by atoms with E-state index in [0.717, 1.165) is 14.2 Å². The zero-order chi connectivity index (χ0) is 57.4. The van der Waals surface area contributed by atoms with E-state index in [2.05, 4.69) is 42.5 Å². The summed E-state index contributed by atoms with van der Waals surface area (Å²) < 4.78 is 39.5. The van der Waals surface area contributed by atoms with Crippen LogP contribution in [-0.4, -0.2) is 160 Å². The van der Waals surface area contributed by atoms with Gasteiger partial charge < -0.3 is 75.7 Å². The van der Waals surface area contributed by atoms with Gasteiger partial charge >= 0.3 is 36.3 Å². The molecule has 428 valence electrons. The highest BCUT2D eigenvalue weighted by Crippen LogP contribution is 2.80. The molecule has 0 radical (unpaired) electrons. The van der Waals surface area contributed by atoms with E-state index in [0.29, 0.717) is 0 Å². The van der Waals surface area contributed by atoms with Crippen LogP contribution in [0.15, 0.2) is 22.3 Å². The van der Waals surface area contributed by atoms with Crippen molar-refractivity contribution in [2.24, 2.45) is 47.3 Å². The molecule has 0 aromatic carbocycles. The summed E-state index contributed by atoms with van der Waals surface area (Å²) in [6, 6.07) is 0. The molecule has 25 heteroatoms. The minimum Gasteiger partial charge on any atom is -0.467 e. The number of amides is 8. The Morgan fingerprint density at radius 1 is 0.377 bits per heavy atom. The number of nitrogens with one attached hydrogen (secondary N) is 8. The van der Waals surface area contributed by atoms with E-state index in [9.17, 15) is 47.9 Å². The minimum atomic E-state index is -2.05. The fourth-order valence-electron chi connectivity index (χ4n) is 12.5. The highest BCUT2D eigenvalue weighted by atomic mass is 16.6. The zero-order valence-corrected chi connectivity index (χ0v) is 46.6. The second kappa shape index (κ2) is 22.4. The number of fused-ring (bicyclic) bond motifs is 16. The largest absolute Gasteiger partial charge is 0.467 e. The molecule has 8 amide bonds. The second-order valence-electron chi connectivity index (χ2n) is 24.1. The average Bonchev–Trinajstić information content (AvgIpc) is 4.15. The van der Waals surface area contributed by atoms with Crippen LogP contribution in [0, 0.1) is 47.3 Å². The van der Waals surface area contributed by atoms with Gasteiger partial charge in [-0.1, -0.05) is 0 Å². The van der Waals surface area contributed by atoms with Crippen LogP contribution in [-0.2, 0) is 61.9 Å². The summed E-state index contributed by atoms with van der Waals surface area (Å²) in [6.45, 7) is 19.6. The Morgan fingerprint density at radius 2 is 0.571 bits per heavy atom. The Balaban J connectivity index is 1.39. The summed E-state index contributed by atoms with van der Waals surface area (Å²) in [5.74, 6) is -12.4. The number of hydrogen-bond donors (Lipinski definition) is 8. The van der Waals surface area contributed by atoms with Crippen molar-refractivity contribution in [3.8, 4) is 0 Å². The molecule has 2 saturated heterocycles. The quantitative estimate of drug-likeness (QED) is 0.0551. The maximum absolute atomic E-state index is 15.0. The second-order valence-corrected chi connectivity index (χ2v) is 24.1. The molecule has 2 heterocycles. The monoisotopic (exact) mass is 1090 g/mol. The van der Waals surface area contributed by atoms with E-state index in [4.69, 9.17) is 33.2 Å². The summed E-state index contributed by atoms with van der Waals surface area (Å²) in [5.41, 5.74) is -7.24. The molecule has 2 unspecified atom stereocenters. The minimum absolute atomic E-state index is 0.0105. The number of carbonyl (C=O) groups excluding carboxylic acids is 10. The smallest absolute Gasteiger partial charge is 0.407 e. The molecule has 2 aliphatic heterocycles. The topological polar surface area (TPSA) is 332 Å². The number of alkyl carbamates (subject to hydrolysis) is 4. The van der Waals surface area contributed by atoms with Crippen molar-refractivity contribution in [1.82, 2.24) is 42.5 Å². The SMILES string of the molecule is COC(=O)C12OC(C(=O)OC)([C@@H]3[C@H]1[C@@H]1C[C@H]3C(C(=O)NCCNC(=O)OC(C)(C)C)=C1C(=O)NCCNC(=O)OC(C)(C)C)[C@H]1[C@@H]2[C@H]2C[C@@H]1C(C(=O)NCCNC(=O)OC(C)(C)C)=C2C(=O)NCCNC(=O)OC(C)(C)C. The molecule has 0 aromatic heterocycles. The van der Waals surface area contributed by atoms with Crippen molar-refractivity contribution >= 4 is 59.9 Å². The predicted molar refractivity (Wildman–Crippen MR) is 271 cm³/mol. The fourth-order valence-corrected chi connectivity index (χ4v) is 12.5. The third-order valence-corrected chi connectivity index (χ3v) is 14.2. The number of esters is 2. The van der Waals surface area contributed by atoms with Crippen LogP contribution < -0.4 is 42.5 Å². The van der Waals surface area contributed by atoms with Gasteiger partial charge in [-0.2, -0.15) is 0 Å². The summed E-state index contributed by atoms with van der Waals surface area (Å²) in [5, 5.41) is 21.5. The molecule has 0 aromatic rings. The Hall–Kier alpha value is -6.66. The number of hydrogen-bond acceptors (Lipinski definition) is 17. The van der Waals surface area contributed by atoms with E-state index >= 15 is 0 Å². The van der Waals surface area contributed by atoms with E-state index in [1.807, 2.05) is 0 Å². The van der Waals surface area contributed by atoms with E-state index < -0.39 is 141 Å². The van der Waals surface area contributed by atoms with E-state index in [1.54, 1.807) is 83.1 Å². The van der Waals surface area contributed by atoms with E-state index in [-0.39, 0.29) is 87.5 Å². The molecule has 77 heavy (non-hydrogen) atoms. The number of methoxy groups -OCH3 is 2. The van der Waals surface area contributed by atoms with Crippen molar-refractivity contribution in [1.29, 1.82) is 0 Å². The van der Waals surface area contributed by atoms with Crippen LogP contribution in [0.25, 0.3) is 0 Å². The van der Waals surface area contributed by atoms with Gasteiger partial charge in [0.25, 0.3) is 0 Å². The van der Waals surface area contributed by atoms with Crippen molar-refractivity contribution in [2.45, 2.75) is 130 Å². The van der Waals surface area contributed by atoms with Gasteiger partial charge in [-0.15, -0.1) is 0 Å². The summed E-state index contributed by atoms with van der Waals surface area (Å²) in [6.07, 6.45) is -2.72. The molecule has 6 aliphatic rings. The first-order chi connectivity index (χ1) is 35.7. The lowest BCUT2D eigenvalue weighted by Gasteiger charge is -2.49. The van der Waals surface area contributed by atoms with Gasteiger partial charge in [-0.3, -0.25) is 19.2 Å². The third-order valence-electron chi connectivity index (χ3n) is 14.2. The first-order valence-corrected chi connectivity index (χ1v) is 26.1. The standard InChI is InChI=1S/C52H78N8O17/c1-47(2,3)73-43(67)57-19-15-53-37(61)29-25-23-26(30(29)38(62)54-16-20-58-44(68)74-48(4,5)6)34-33(25)51(41(65)71-13)35-27-24-28(36(35)52(34,77-51)42(66)72-14)32(40(64)56-18-22-60-46(70)76-50(10,11)12)31(27)39(63)55-17-21-59-45(69)75-49(7,8)9/h25-28,33-36H,15-24H2,1-14H3,(H,53,61)(H,54,62)(H,55,63)(H,56,64)(H,57,67)(H,58,68)(H,59,69)(H,60,70)/t25-,26+,27+,28-,33-,34+,35+,36-,51?,52?. The fraction of sp³-hybridized carbons (Fsp3) is 0.731. The van der Waals surface area contributed by atoms with Crippen LogP contribution in [0.2, 0.25) is 0 Å². The molecule has 6 rings (SSSR count). The van der Waals surface area contributed by atoms with Crippen molar-refractivity contribution in [2.75, 3.05) is 66.6 Å². The Morgan fingerprint density at radius 3 is 0.753 bits per heavy atom. The molecule has 2 saturated carbocycles. The predicted octanol–water partition coefficient (Wildman–Crippen LogP) is 1.77. The van der Waals surface area contributed by atoms with Crippen LogP contribution in [0.5, 0.6) is 0 Å². The lowest BCUT2D eigenvalue weighted by molar-refractivity contribution is -0.187. The van der Waals surface area contributed by atoms with Gasteiger partial charge in [0.15, 0.2) is 11.2 Å². The normalized spacial score (nSPS) is 27.4. The molecular weight excluding hydrogens is 1010 g/mol. The zero-order valence-electron chi connectivity index (χ0n) is 46.6. The number of ether oxygens (including phenoxy) is 7. The van der Waals surface area contributed by atoms with Crippen LogP contribution in [0.1, 0.15) is 95.9 Å². The first kappa shape index (κ1) is 59.6. The van der Waals surface area contributed by atoms with Gasteiger partial charge in [-0.25, -0.2) is 28.8 Å². The van der Waals surface area contributed by atoms with Crippen LogP contribution in [0.4, 0.5) is 19.2 Å². The van der Waals surface area contributed by atoms with Crippen LogP contribution >= 0.6 is 0 Å². The molecule has 4 aliphatic carbocycles. The molecule has 4 fully saturated rings. The lowest BCUT2D eigenvalue weighted by atomic mass is 9.49. The van der Waals surface area contributed by atoms with Gasteiger partial charge in [0.1, 0.15) is 22.4 Å². The molecule has 6 bridgehead atoms. The average molecular weight is 1090 g/mol. The highest BCUT2D eigenvalue weighted by molar-refractivity contribution is 6.09. The lowest BCUT2D eigenvalue weighted by Crippen LogP contribution is -2.62. The first-order valence-electron chi connectivity index (χ1n) is 26.1. The maximum atomic E-state index is 15.0. The molecule has 0 spiro atoms. The summed E-state index contributed by atoms with van der Waals surface area (Å²) in [4.78, 5) is 138. The Kier molecular flexibility index (Phi) is 17.3. The van der Waals surface area contributed by atoms with Gasteiger partial charge in [0, 0.05) is 98.3 Å². The van der Waals surface area contributed by atoms with E-state index in [1.165, 1.54) is 0 Å². The third kappa shape index (κ3) is 12.4. The van der Waals surface area contributed by atoms with Gasteiger partial charge in [-0.05, 0) is 120 Å². The van der Waals surface area contributed by atoms with Crippen molar-refractivity contribution in [3.05, 3.63) is 22.3 Å². The number of carbonyl (C=O) groups is 10. The highest BCUT2D eigenvalue weighted by Gasteiger charge is 2.90. The van der Waals surface area contributed by atoms with Gasteiger partial charge in [0.05, 0.1) is 14.2 Å². The number of rotatable bonds is 18. The summed E-state index contributed by atoms with van der Waals surface area (Å²) in [7, 11) is 2.30.